The maximum absolute atomic E-state index is 11.0. The Morgan fingerprint density at radius 2 is 2.27 bits per heavy atom. The third kappa shape index (κ3) is 1.31. The Hall–Kier alpha value is -1.52. The standard InChI is InChI=1S/C6H9N3O2/c1-3-4(10)8-6(7)9-5(3)11-2/h1-2H3,(H3,7,8,9,10). The summed E-state index contributed by atoms with van der Waals surface area (Å²) >= 11 is 0. The van der Waals surface area contributed by atoms with Crippen LogP contribution in [0.25, 0.3) is 0 Å². The molecular formula is C6H9N3O2. The second-order valence-electron chi connectivity index (χ2n) is 2.09. The quantitative estimate of drug-likeness (QED) is 0.581. The average Bonchev–Trinajstić information content (AvgIpc) is 1.96. The summed E-state index contributed by atoms with van der Waals surface area (Å²) in [7, 11) is 1.44. The number of hydrogen-bond acceptors (Lipinski definition) is 4. The summed E-state index contributed by atoms with van der Waals surface area (Å²) < 4.78 is 4.80. The van der Waals surface area contributed by atoms with E-state index in [4.69, 9.17) is 10.5 Å². The number of aromatic amines is 1. The first-order chi connectivity index (χ1) is 5.15. The van der Waals surface area contributed by atoms with E-state index >= 15 is 0 Å². The summed E-state index contributed by atoms with van der Waals surface area (Å²) in [6.07, 6.45) is 0. The third-order valence-corrected chi connectivity index (χ3v) is 1.32. The number of anilines is 1. The van der Waals surface area contributed by atoms with Crippen LogP contribution in [-0.2, 0) is 0 Å². The molecule has 0 saturated heterocycles. The van der Waals surface area contributed by atoms with Gasteiger partial charge < -0.3 is 10.5 Å². The van der Waals surface area contributed by atoms with Gasteiger partial charge in [0, 0.05) is 0 Å². The van der Waals surface area contributed by atoms with Crippen molar-refractivity contribution < 1.29 is 4.74 Å². The fourth-order valence-electron chi connectivity index (χ4n) is 0.727. The van der Waals surface area contributed by atoms with Gasteiger partial charge in [-0.15, -0.1) is 0 Å². The minimum absolute atomic E-state index is 0.0671. The van der Waals surface area contributed by atoms with Crippen molar-refractivity contribution in [3.8, 4) is 5.88 Å². The summed E-state index contributed by atoms with van der Waals surface area (Å²) in [5.74, 6) is 0.337. The van der Waals surface area contributed by atoms with Crippen molar-refractivity contribution in [1.29, 1.82) is 0 Å². The minimum Gasteiger partial charge on any atom is -0.481 e. The van der Waals surface area contributed by atoms with Crippen molar-refractivity contribution in [3.05, 3.63) is 15.9 Å². The molecule has 0 unspecified atom stereocenters. The molecule has 0 aliphatic carbocycles. The monoisotopic (exact) mass is 155 g/mol. The summed E-state index contributed by atoms with van der Waals surface area (Å²) in [6, 6.07) is 0. The van der Waals surface area contributed by atoms with Crippen LogP contribution in [0.15, 0.2) is 4.79 Å². The predicted molar refractivity (Wildman–Crippen MR) is 40.6 cm³/mol. The van der Waals surface area contributed by atoms with E-state index < -0.39 is 0 Å². The van der Waals surface area contributed by atoms with Crippen molar-refractivity contribution in [2.45, 2.75) is 6.92 Å². The van der Waals surface area contributed by atoms with E-state index in [0.717, 1.165) is 0 Å². The fraction of sp³-hybridized carbons (Fsp3) is 0.333. The zero-order chi connectivity index (χ0) is 8.43. The number of nitrogens with one attached hydrogen (secondary N) is 1. The van der Waals surface area contributed by atoms with Crippen molar-refractivity contribution in [1.82, 2.24) is 9.97 Å². The van der Waals surface area contributed by atoms with Gasteiger partial charge in [-0.2, -0.15) is 4.98 Å². The lowest BCUT2D eigenvalue weighted by atomic mass is 10.4. The second-order valence-corrected chi connectivity index (χ2v) is 2.09. The molecule has 5 nitrogen and oxygen atoms in total. The molecule has 1 heterocycles. The van der Waals surface area contributed by atoms with Crippen LogP contribution in [0.4, 0.5) is 5.95 Å². The van der Waals surface area contributed by atoms with E-state index in [1.165, 1.54) is 7.11 Å². The van der Waals surface area contributed by atoms with E-state index in [1.807, 2.05) is 0 Å². The van der Waals surface area contributed by atoms with Gasteiger partial charge in [-0.25, -0.2) is 0 Å². The van der Waals surface area contributed by atoms with E-state index in [1.54, 1.807) is 6.92 Å². The molecule has 60 valence electrons. The molecule has 5 heteroatoms. The zero-order valence-electron chi connectivity index (χ0n) is 6.34. The lowest BCUT2D eigenvalue weighted by Gasteiger charge is -2.01. The number of hydrogen-bond donors (Lipinski definition) is 2. The van der Waals surface area contributed by atoms with Gasteiger partial charge in [-0.1, -0.05) is 0 Å². The first-order valence-corrected chi connectivity index (χ1v) is 3.05. The van der Waals surface area contributed by atoms with Gasteiger partial charge in [0.25, 0.3) is 5.56 Å². The normalized spacial score (nSPS) is 9.64. The first-order valence-electron chi connectivity index (χ1n) is 3.05. The number of rotatable bonds is 1. The lowest BCUT2D eigenvalue weighted by molar-refractivity contribution is 0.393. The molecule has 0 fully saturated rings. The summed E-state index contributed by atoms with van der Waals surface area (Å²) in [5.41, 5.74) is 5.42. The molecule has 0 aliphatic heterocycles. The smallest absolute Gasteiger partial charge is 0.259 e. The van der Waals surface area contributed by atoms with E-state index in [-0.39, 0.29) is 17.4 Å². The number of ether oxygens (including phenoxy) is 1. The molecule has 1 aromatic rings. The molecule has 0 aromatic carbocycles. The molecule has 0 saturated carbocycles. The van der Waals surface area contributed by atoms with Crippen LogP contribution in [0, 0.1) is 6.92 Å². The molecule has 1 aromatic heterocycles. The number of methoxy groups -OCH3 is 1. The zero-order valence-corrected chi connectivity index (χ0v) is 6.34. The number of nitrogen functional groups attached to an aromatic ring is 1. The molecular weight excluding hydrogens is 146 g/mol. The number of nitrogens with two attached hydrogens (primary N) is 1. The van der Waals surface area contributed by atoms with Gasteiger partial charge in [0.1, 0.15) is 0 Å². The first kappa shape index (κ1) is 7.59. The highest BCUT2D eigenvalue weighted by atomic mass is 16.5. The molecule has 0 atom stereocenters. The van der Waals surface area contributed by atoms with E-state index in [9.17, 15) is 4.79 Å². The summed E-state index contributed by atoms with van der Waals surface area (Å²) in [6.45, 7) is 1.62. The average molecular weight is 155 g/mol. The van der Waals surface area contributed by atoms with E-state index in [2.05, 4.69) is 9.97 Å². The minimum atomic E-state index is -0.269. The molecule has 0 bridgehead atoms. The van der Waals surface area contributed by atoms with Crippen LogP contribution >= 0.6 is 0 Å². The Morgan fingerprint density at radius 1 is 1.64 bits per heavy atom. The van der Waals surface area contributed by atoms with Crippen LogP contribution < -0.4 is 16.0 Å². The van der Waals surface area contributed by atoms with Gasteiger partial charge in [-0.3, -0.25) is 9.78 Å². The molecule has 3 N–H and O–H groups in total. The van der Waals surface area contributed by atoms with Gasteiger partial charge in [0.15, 0.2) is 0 Å². The van der Waals surface area contributed by atoms with E-state index in [0.29, 0.717) is 5.56 Å². The van der Waals surface area contributed by atoms with Crippen LogP contribution in [-0.4, -0.2) is 17.1 Å². The third-order valence-electron chi connectivity index (χ3n) is 1.32. The van der Waals surface area contributed by atoms with Gasteiger partial charge in [0.2, 0.25) is 11.8 Å². The van der Waals surface area contributed by atoms with Crippen LogP contribution in [0.3, 0.4) is 0 Å². The largest absolute Gasteiger partial charge is 0.481 e. The Morgan fingerprint density at radius 3 is 2.82 bits per heavy atom. The predicted octanol–water partition coefficient (Wildman–Crippen LogP) is -0.331. The molecule has 0 spiro atoms. The maximum Gasteiger partial charge on any atom is 0.259 e. The van der Waals surface area contributed by atoms with Crippen molar-refractivity contribution in [2.75, 3.05) is 12.8 Å². The Kier molecular flexibility index (Phi) is 1.80. The van der Waals surface area contributed by atoms with Crippen molar-refractivity contribution in [3.63, 3.8) is 0 Å². The summed E-state index contributed by atoms with van der Waals surface area (Å²) in [4.78, 5) is 17.1. The Labute approximate surface area is 63.2 Å². The highest BCUT2D eigenvalue weighted by Crippen LogP contribution is 2.07. The highest BCUT2D eigenvalue weighted by molar-refractivity contribution is 5.28. The molecule has 1 rings (SSSR count). The fourth-order valence-corrected chi connectivity index (χ4v) is 0.727. The van der Waals surface area contributed by atoms with Gasteiger partial charge in [-0.05, 0) is 6.92 Å². The molecule has 11 heavy (non-hydrogen) atoms. The number of aromatic nitrogens is 2. The van der Waals surface area contributed by atoms with Gasteiger partial charge >= 0.3 is 0 Å². The van der Waals surface area contributed by atoms with Crippen molar-refractivity contribution >= 4 is 5.95 Å². The molecule has 0 aliphatic rings. The second kappa shape index (κ2) is 2.61. The lowest BCUT2D eigenvalue weighted by Crippen LogP contribution is -2.15. The van der Waals surface area contributed by atoms with Crippen LogP contribution in [0.5, 0.6) is 5.88 Å². The van der Waals surface area contributed by atoms with Crippen LogP contribution in [0.1, 0.15) is 5.56 Å². The van der Waals surface area contributed by atoms with Gasteiger partial charge in [0.05, 0.1) is 12.7 Å². The van der Waals surface area contributed by atoms with Crippen molar-refractivity contribution in [2.24, 2.45) is 0 Å². The Bertz CT molecular complexity index is 318. The number of H-pyrrole nitrogens is 1. The molecule has 0 amide bonds. The number of nitrogens with zero attached hydrogens (tertiary/aromatic N) is 1. The summed E-state index contributed by atoms with van der Waals surface area (Å²) in [5, 5.41) is 0. The topological polar surface area (TPSA) is 81.0 Å². The molecule has 0 radical (unpaired) electrons. The maximum atomic E-state index is 11.0. The van der Waals surface area contributed by atoms with Crippen LogP contribution in [0.2, 0.25) is 0 Å². The SMILES string of the molecule is COc1nc(N)[nH]c(=O)c1C. The Balaban J connectivity index is 3.36. The highest BCUT2D eigenvalue weighted by Gasteiger charge is 2.04.